The van der Waals surface area contributed by atoms with Crippen molar-refractivity contribution in [3.05, 3.63) is 52.3 Å². The molecule has 0 aliphatic carbocycles. The summed E-state index contributed by atoms with van der Waals surface area (Å²) in [6.07, 6.45) is 5.98. The van der Waals surface area contributed by atoms with Crippen molar-refractivity contribution >= 4 is 21.4 Å². The van der Waals surface area contributed by atoms with E-state index in [0.29, 0.717) is 18.2 Å². The number of rotatable bonds is 5. The van der Waals surface area contributed by atoms with Crippen molar-refractivity contribution in [2.75, 3.05) is 25.2 Å². The zero-order chi connectivity index (χ0) is 21.5. The fourth-order valence-electron chi connectivity index (χ4n) is 4.59. The van der Waals surface area contributed by atoms with Crippen LogP contribution in [0.25, 0.3) is 0 Å². The van der Waals surface area contributed by atoms with E-state index in [9.17, 15) is 13.5 Å². The zero-order valence-corrected chi connectivity index (χ0v) is 18.9. The Balaban J connectivity index is 1.45. The molecule has 2 aromatic rings. The molecule has 164 valence electrons. The van der Waals surface area contributed by atoms with Gasteiger partial charge in [-0.1, -0.05) is 17.7 Å². The van der Waals surface area contributed by atoms with Crippen LogP contribution in [0.2, 0.25) is 5.02 Å². The number of nitrogens with zero attached hydrogens (tertiary/aromatic N) is 3. The monoisotopic (exact) mass is 453 g/mol. The van der Waals surface area contributed by atoms with Crippen LogP contribution < -0.4 is 0 Å². The number of aliphatic hydroxyl groups excluding tert-OH is 1. The summed E-state index contributed by atoms with van der Waals surface area (Å²) in [5.74, 6) is 0.0852. The van der Waals surface area contributed by atoms with Crippen molar-refractivity contribution in [3.63, 3.8) is 0 Å². The second-order valence-corrected chi connectivity index (χ2v) is 11.3. The first-order valence-corrected chi connectivity index (χ1v) is 12.6. The third-order valence-corrected chi connectivity index (χ3v) is 7.36. The van der Waals surface area contributed by atoms with Gasteiger partial charge in [0, 0.05) is 42.2 Å². The summed E-state index contributed by atoms with van der Waals surface area (Å²) in [6.45, 7) is 4.45. The van der Waals surface area contributed by atoms with Gasteiger partial charge >= 0.3 is 0 Å². The highest BCUT2D eigenvalue weighted by molar-refractivity contribution is 7.90. The first kappa shape index (κ1) is 21.8. The number of halogens is 1. The Morgan fingerprint density at radius 1 is 1.40 bits per heavy atom. The van der Waals surface area contributed by atoms with Crippen molar-refractivity contribution in [1.82, 2.24) is 14.7 Å². The molecule has 1 fully saturated rings. The SMILES string of the molecule is C[C@H]1C[C@@]2(CCN1Cc1cnn(CCS(C)(=O)=O)c1)OC[C@H](O)c1ccc(Cl)cc12. The maximum absolute atomic E-state index is 11.4. The van der Waals surface area contributed by atoms with Gasteiger partial charge in [0.05, 0.1) is 30.7 Å². The van der Waals surface area contributed by atoms with Crippen LogP contribution in [0.3, 0.4) is 0 Å². The van der Waals surface area contributed by atoms with Crippen molar-refractivity contribution < 1.29 is 18.3 Å². The summed E-state index contributed by atoms with van der Waals surface area (Å²) in [6, 6.07) is 5.94. The molecule has 30 heavy (non-hydrogen) atoms. The van der Waals surface area contributed by atoms with Crippen LogP contribution in [0.15, 0.2) is 30.6 Å². The molecule has 2 aliphatic rings. The number of aryl methyl sites for hydroxylation is 1. The van der Waals surface area contributed by atoms with Crippen LogP contribution in [-0.4, -0.2) is 59.4 Å². The first-order valence-electron chi connectivity index (χ1n) is 10.2. The average Bonchev–Trinajstić information content (AvgIpc) is 3.13. The largest absolute Gasteiger partial charge is 0.386 e. The summed E-state index contributed by atoms with van der Waals surface area (Å²) in [7, 11) is -3.01. The van der Waals surface area contributed by atoms with Gasteiger partial charge in [0.15, 0.2) is 0 Å². The number of fused-ring (bicyclic) bond motifs is 2. The van der Waals surface area contributed by atoms with Crippen LogP contribution in [0, 0.1) is 0 Å². The molecular weight excluding hydrogens is 426 g/mol. The van der Waals surface area contributed by atoms with Crippen LogP contribution >= 0.6 is 11.6 Å². The molecule has 1 saturated heterocycles. The lowest BCUT2D eigenvalue weighted by molar-refractivity contribution is -0.141. The predicted octanol–water partition coefficient (Wildman–Crippen LogP) is 2.52. The highest BCUT2D eigenvalue weighted by Gasteiger charge is 2.45. The Morgan fingerprint density at radius 3 is 2.93 bits per heavy atom. The molecule has 7 nitrogen and oxygen atoms in total. The molecule has 0 radical (unpaired) electrons. The van der Waals surface area contributed by atoms with E-state index >= 15 is 0 Å². The topological polar surface area (TPSA) is 84.7 Å². The molecule has 9 heteroatoms. The summed E-state index contributed by atoms with van der Waals surface area (Å²) < 4.78 is 30.6. The van der Waals surface area contributed by atoms with Gasteiger partial charge < -0.3 is 9.84 Å². The average molecular weight is 454 g/mol. The van der Waals surface area contributed by atoms with E-state index < -0.39 is 21.5 Å². The standard InChI is InChI=1S/C21H28ClN3O4S/c1-15-10-21(19-9-17(22)3-4-18(19)20(26)14-29-21)5-6-24(15)12-16-11-23-25(13-16)7-8-30(2,27)28/h3-4,9,11,13,15,20,26H,5-8,10,12,14H2,1-2H3/t15-,20-,21+/m0/s1. The van der Waals surface area contributed by atoms with Gasteiger partial charge in [-0.15, -0.1) is 0 Å². The molecule has 1 aromatic heterocycles. The highest BCUT2D eigenvalue weighted by atomic mass is 35.5. The minimum atomic E-state index is -3.01. The molecule has 0 bridgehead atoms. The van der Waals surface area contributed by atoms with Gasteiger partial charge in [0.2, 0.25) is 0 Å². The minimum Gasteiger partial charge on any atom is -0.386 e. The fraction of sp³-hybridized carbons (Fsp3) is 0.571. The van der Waals surface area contributed by atoms with Gasteiger partial charge in [-0.2, -0.15) is 5.10 Å². The number of likely N-dealkylation sites (tertiary alicyclic amines) is 1. The maximum Gasteiger partial charge on any atom is 0.149 e. The number of aliphatic hydroxyl groups is 1. The molecule has 1 spiro atoms. The van der Waals surface area contributed by atoms with Gasteiger partial charge in [-0.25, -0.2) is 8.42 Å². The lowest BCUT2D eigenvalue weighted by Gasteiger charge is -2.49. The first-order chi connectivity index (χ1) is 14.2. The summed E-state index contributed by atoms with van der Waals surface area (Å²) in [5, 5.41) is 15.3. The lowest BCUT2D eigenvalue weighted by atomic mass is 9.76. The third kappa shape index (κ3) is 4.57. The molecule has 4 rings (SSSR count). The van der Waals surface area contributed by atoms with Crippen LogP contribution in [0.1, 0.15) is 42.6 Å². The molecule has 0 saturated carbocycles. The van der Waals surface area contributed by atoms with Crippen molar-refractivity contribution in [3.8, 4) is 0 Å². The number of hydrogen-bond acceptors (Lipinski definition) is 6. The van der Waals surface area contributed by atoms with E-state index in [-0.39, 0.29) is 11.8 Å². The number of sulfone groups is 1. The number of ether oxygens (including phenoxy) is 1. The molecule has 3 heterocycles. The second kappa shape index (κ2) is 8.24. The Morgan fingerprint density at radius 2 is 2.20 bits per heavy atom. The van der Waals surface area contributed by atoms with E-state index in [1.807, 2.05) is 30.6 Å². The normalized spacial score (nSPS) is 27.3. The highest BCUT2D eigenvalue weighted by Crippen LogP contribution is 2.46. The van der Waals surface area contributed by atoms with Gasteiger partial charge in [0.25, 0.3) is 0 Å². The van der Waals surface area contributed by atoms with Crippen LogP contribution in [0.5, 0.6) is 0 Å². The van der Waals surface area contributed by atoms with E-state index in [1.165, 1.54) is 6.26 Å². The Labute approximate surface area is 182 Å². The Kier molecular flexibility index (Phi) is 5.98. The maximum atomic E-state index is 11.4. The predicted molar refractivity (Wildman–Crippen MR) is 115 cm³/mol. The molecular formula is C21H28ClN3O4S. The van der Waals surface area contributed by atoms with Crippen molar-refractivity contribution in [2.45, 2.75) is 50.6 Å². The minimum absolute atomic E-state index is 0.0852. The fourth-order valence-corrected chi connectivity index (χ4v) is 5.28. The van der Waals surface area contributed by atoms with Crippen LogP contribution in [0.4, 0.5) is 0 Å². The summed E-state index contributed by atoms with van der Waals surface area (Å²) >= 11 is 6.26. The van der Waals surface area contributed by atoms with E-state index in [1.54, 1.807) is 4.68 Å². The third-order valence-electron chi connectivity index (χ3n) is 6.20. The van der Waals surface area contributed by atoms with E-state index in [0.717, 1.165) is 42.6 Å². The van der Waals surface area contributed by atoms with Crippen molar-refractivity contribution in [1.29, 1.82) is 0 Å². The molecule has 1 aromatic carbocycles. The summed E-state index contributed by atoms with van der Waals surface area (Å²) in [5.41, 5.74) is 2.57. The number of piperidine rings is 1. The lowest BCUT2D eigenvalue weighted by Crippen LogP contribution is -2.50. The molecule has 0 amide bonds. The number of benzene rings is 1. The quantitative estimate of drug-likeness (QED) is 0.748. The van der Waals surface area contributed by atoms with E-state index in [2.05, 4.69) is 16.9 Å². The van der Waals surface area contributed by atoms with Gasteiger partial charge in [-0.05, 0) is 43.0 Å². The second-order valence-electron chi connectivity index (χ2n) is 8.57. The van der Waals surface area contributed by atoms with Crippen LogP contribution in [-0.2, 0) is 33.3 Å². The van der Waals surface area contributed by atoms with Crippen molar-refractivity contribution in [2.24, 2.45) is 0 Å². The van der Waals surface area contributed by atoms with E-state index in [4.69, 9.17) is 16.3 Å². The summed E-state index contributed by atoms with van der Waals surface area (Å²) in [4.78, 5) is 2.39. The Hall–Kier alpha value is -1.45. The molecule has 2 aliphatic heterocycles. The van der Waals surface area contributed by atoms with Gasteiger partial charge in [0.1, 0.15) is 15.9 Å². The smallest absolute Gasteiger partial charge is 0.149 e. The molecule has 0 unspecified atom stereocenters. The number of hydrogen-bond donors (Lipinski definition) is 1. The Bertz CT molecular complexity index is 1030. The zero-order valence-electron chi connectivity index (χ0n) is 17.3. The van der Waals surface area contributed by atoms with Gasteiger partial charge in [-0.3, -0.25) is 9.58 Å². The number of aromatic nitrogens is 2. The molecule has 3 atom stereocenters. The molecule has 1 N–H and O–H groups in total.